The Morgan fingerprint density at radius 1 is 1.29 bits per heavy atom. The predicted octanol–water partition coefficient (Wildman–Crippen LogP) is 3.97. The van der Waals surface area contributed by atoms with Crippen molar-refractivity contribution < 1.29 is 9.72 Å². The largest absolute Gasteiger partial charge is 0.311 e. The maximum Gasteiger partial charge on any atom is 0.269 e. The topological polar surface area (TPSA) is 63.5 Å². The minimum atomic E-state index is -0.394. The maximum atomic E-state index is 12.6. The molecule has 0 N–H and O–H groups in total. The van der Waals surface area contributed by atoms with E-state index in [2.05, 4.69) is 6.07 Å². The van der Waals surface area contributed by atoms with Gasteiger partial charge in [0.15, 0.2) is 0 Å². The van der Waals surface area contributed by atoms with Crippen LogP contribution < -0.4 is 4.90 Å². The molecule has 0 atom stereocenters. The van der Waals surface area contributed by atoms with E-state index in [-0.39, 0.29) is 11.6 Å². The second-order valence-electron chi connectivity index (χ2n) is 5.82. The van der Waals surface area contributed by atoms with E-state index in [0.29, 0.717) is 12.3 Å². The van der Waals surface area contributed by atoms with Crippen molar-refractivity contribution in [2.45, 2.75) is 24.7 Å². The van der Waals surface area contributed by atoms with Crippen LogP contribution in [0.3, 0.4) is 0 Å². The molecule has 5 nitrogen and oxygen atoms in total. The van der Waals surface area contributed by atoms with E-state index in [1.165, 1.54) is 23.4 Å². The number of aryl methyl sites for hydroxylation is 2. The van der Waals surface area contributed by atoms with Crippen LogP contribution in [0.15, 0.2) is 47.4 Å². The number of fused-ring (bicyclic) bond motifs is 1. The summed E-state index contributed by atoms with van der Waals surface area (Å²) in [6.07, 6.45) is 1.60. The molecule has 0 radical (unpaired) electrons. The zero-order valence-electron chi connectivity index (χ0n) is 13.4. The molecule has 6 heteroatoms. The molecule has 1 aliphatic rings. The molecule has 0 fully saturated rings. The second-order valence-corrected chi connectivity index (χ2v) is 6.87. The van der Waals surface area contributed by atoms with Crippen LogP contribution in [-0.4, -0.2) is 23.1 Å². The molecule has 24 heavy (non-hydrogen) atoms. The Labute approximate surface area is 144 Å². The van der Waals surface area contributed by atoms with Gasteiger partial charge in [0, 0.05) is 29.3 Å². The summed E-state index contributed by atoms with van der Waals surface area (Å²) >= 11 is 1.52. The molecule has 124 valence electrons. The van der Waals surface area contributed by atoms with Crippen molar-refractivity contribution in [1.82, 2.24) is 0 Å². The van der Waals surface area contributed by atoms with E-state index < -0.39 is 4.92 Å². The van der Waals surface area contributed by atoms with E-state index >= 15 is 0 Å². The fraction of sp³-hybridized carbons (Fsp3) is 0.278. The van der Waals surface area contributed by atoms with Crippen molar-refractivity contribution in [1.29, 1.82) is 0 Å². The van der Waals surface area contributed by atoms with Gasteiger partial charge in [-0.05, 0) is 43.5 Å². The number of nitro benzene ring substituents is 1. The Morgan fingerprint density at radius 3 is 2.88 bits per heavy atom. The minimum Gasteiger partial charge on any atom is -0.311 e. The molecule has 0 unspecified atom stereocenters. The number of hydrogen-bond donors (Lipinski definition) is 0. The molecule has 0 spiro atoms. The zero-order valence-corrected chi connectivity index (χ0v) is 14.2. The SMILES string of the molecule is Cc1cccc(SCC(=O)N2CCCc3cc([N+](=O)[O-])ccc32)c1. The van der Waals surface area contributed by atoms with E-state index in [1.54, 1.807) is 17.0 Å². The quantitative estimate of drug-likeness (QED) is 0.479. The van der Waals surface area contributed by atoms with Crippen LogP contribution >= 0.6 is 11.8 Å². The molecule has 1 aliphatic heterocycles. The summed E-state index contributed by atoms with van der Waals surface area (Å²) in [6, 6.07) is 12.8. The highest BCUT2D eigenvalue weighted by Crippen LogP contribution is 2.31. The number of nitrogens with zero attached hydrogens (tertiary/aromatic N) is 2. The van der Waals surface area contributed by atoms with Crippen LogP contribution in [0.5, 0.6) is 0 Å². The maximum absolute atomic E-state index is 12.6. The van der Waals surface area contributed by atoms with Crippen molar-refractivity contribution in [2.75, 3.05) is 17.2 Å². The highest BCUT2D eigenvalue weighted by Gasteiger charge is 2.24. The third kappa shape index (κ3) is 3.59. The third-order valence-electron chi connectivity index (χ3n) is 4.05. The number of benzene rings is 2. The van der Waals surface area contributed by atoms with Crippen LogP contribution in [-0.2, 0) is 11.2 Å². The Balaban J connectivity index is 1.74. The van der Waals surface area contributed by atoms with Crippen molar-refractivity contribution in [3.8, 4) is 0 Å². The molecular formula is C18H18N2O3S. The van der Waals surface area contributed by atoms with Gasteiger partial charge in [-0.1, -0.05) is 17.7 Å². The van der Waals surface area contributed by atoms with E-state index in [4.69, 9.17) is 0 Å². The van der Waals surface area contributed by atoms with E-state index in [9.17, 15) is 14.9 Å². The first-order valence-electron chi connectivity index (χ1n) is 7.82. The fourth-order valence-corrected chi connectivity index (χ4v) is 3.77. The Bertz CT molecular complexity index is 792. The molecular weight excluding hydrogens is 324 g/mol. The highest BCUT2D eigenvalue weighted by atomic mass is 32.2. The van der Waals surface area contributed by atoms with Crippen LogP contribution in [0.25, 0.3) is 0 Å². The van der Waals surface area contributed by atoms with Crippen molar-refractivity contribution >= 4 is 29.0 Å². The van der Waals surface area contributed by atoms with Gasteiger partial charge in [0.2, 0.25) is 5.91 Å². The van der Waals surface area contributed by atoms with Gasteiger partial charge in [-0.15, -0.1) is 11.8 Å². The minimum absolute atomic E-state index is 0.0382. The monoisotopic (exact) mass is 342 g/mol. The number of thioether (sulfide) groups is 1. The second kappa shape index (κ2) is 7.05. The fourth-order valence-electron chi connectivity index (χ4n) is 2.88. The van der Waals surface area contributed by atoms with E-state index in [1.807, 2.05) is 25.1 Å². The number of amides is 1. The summed E-state index contributed by atoms with van der Waals surface area (Å²) in [6.45, 7) is 2.69. The molecule has 2 aromatic carbocycles. The molecule has 2 aromatic rings. The normalized spacial score (nSPS) is 13.5. The van der Waals surface area contributed by atoms with Gasteiger partial charge in [-0.25, -0.2) is 0 Å². The van der Waals surface area contributed by atoms with Gasteiger partial charge in [-0.3, -0.25) is 14.9 Å². The lowest BCUT2D eigenvalue weighted by molar-refractivity contribution is -0.384. The lowest BCUT2D eigenvalue weighted by Crippen LogP contribution is -2.36. The van der Waals surface area contributed by atoms with Crippen LogP contribution in [0.4, 0.5) is 11.4 Å². The summed E-state index contributed by atoms with van der Waals surface area (Å²) in [5.74, 6) is 0.399. The Hall–Kier alpha value is -2.34. The number of rotatable bonds is 4. The molecule has 0 aliphatic carbocycles. The molecule has 1 heterocycles. The summed E-state index contributed by atoms with van der Waals surface area (Å²) in [5.41, 5.74) is 2.94. The van der Waals surface area contributed by atoms with Gasteiger partial charge >= 0.3 is 0 Å². The summed E-state index contributed by atoms with van der Waals surface area (Å²) in [7, 11) is 0. The van der Waals surface area contributed by atoms with Crippen molar-refractivity contribution in [3.63, 3.8) is 0 Å². The van der Waals surface area contributed by atoms with Gasteiger partial charge in [0.1, 0.15) is 0 Å². The number of carbonyl (C=O) groups excluding carboxylic acids is 1. The number of carbonyl (C=O) groups is 1. The van der Waals surface area contributed by atoms with Gasteiger partial charge in [0.25, 0.3) is 5.69 Å². The summed E-state index contributed by atoms with van der Waals surface area (Å²) in [5, 5.41) is 10.9. The average Bonchev–Trinajstić information content (AvgIpc) is 2.58. The molecule has 1 amide bonds. The first kappa shape index (κ1) is 16.5. The number of non-ortho nitro benzene ring substituents is 1. The summed E-state index contributed by atoms with van der Waals surface area (Å²) in [4.78, 5) is 26.0. The van der Waals surface area contributed by atoms with Gasteiger partial charge < -0.3 is 4.90 Å². The Kier molecular flexibility index (Phi) is 4.85. The number of nitro groups is 1. The van der Waals surface area contributed by atoms with Crippen LogP contribution in [0.2, 0.25) is 0 Å². The zero-order chi connectivity index (χ0) is 17.1. The first-order valence-corrected chi connectivity index (χ1v) is 8.80. The van der Waals surface area contributed by atoms with Crippen molar-refractivity contribution in [2.24, 2.45) is 0 Å². The molecule has 0 aromatic heterocycles. The van der Waals surface area contributed by atoms with E-state index in [0.717, 1.165) is 29.0 Å². The van der Waals surface area contributed by atoms with Crippen LogP contribution in [0.1, 0.15) is 17.5 Å². The number of hydrogen-bond acceptors (Lipinski definition) is 4. The van der Waals surface area contributed by atoms with Crippen LogP contribution in [0, 0.1) is 17.0 Å². The lowest BCUT2D eigenvalue weighted by atomic mass is 10.0. The lowest BCUT2D eigenvalue weighted by Gasteiger charge is -2.29. The Morgan fingerprint density at radius 2 is 2.12 bits per heavy atom. The molecule has 0 saturated heterocycles. The molecule has 0 bridgehead atoms. The number of anilines is 1. The third-order valence-corrected chi connectivity index (χ3v) is 5.02. The van der Waals surface area contributed by atoms with Gasteiger partial charge in [-0.2, -0.15) is 0 Å². The standard InChI is InChI=1S/C18H18N2O3S/c1-13-4-2-6-16(10-13)24-12-18(21)19-9-3-5-14-11-15(20(22)23)7-8-17(14)19/h2,4,6-8,10-11H,3,5,9,12H2,1H3. The van der Waals surface area contributed by atoms with Gasteiger partial charge in [0.05, 0.1) is 10.7 Å². The smallest absolute Gasteiger partial charge is 0.269 e. The molecule has 0 saturated carbocycles. The molecule has 3 rings (SSSR count). The average molecular weight is 342 g/mol. The van der Waals surface area contributed by atoms with Crippen molar-refractivity contribution in [3.05, 3.63) is 63.7 Å². The highest BCUT2D eigenvalue weighted by molar-refractivity contribution is 8.00. The summed E-state index contributed by atoms with van der Waals surface area (Å²) < 4.78 is 0. The first-order chi connectivity index (χ1) is 11.5. The predicted molar refractivity (Wildman–Crippen MR) is 95.7 cm³/mol.